The van der Waals surface area contributed by atoms with Crippen molar-refractivity contribution in [2.45, 2.75) is 12.1 Å². The number of rotatable bonds is 1. The summed E-state index contributed by atoms with van der Waals surface area (Å²) in [6.45, 7) is 0. The Bertz CT molecular complexity index is 597. The van der Waals surface area contributed by atoms with E-state index in [1.54, 1.807) is 24.3 Å². The lowest BCUT2D eigenvalue weighted by Gasteiger charge is -2.23. The monoisotopic (exact) mass is 284 g/mol. The van der Waals surface area contributed by atoms with E-state index >= 15 is 0 Å². The van der Waals surface area contributed by atoms with Crippen molar-refractivity contribution in [2.75, 3.05) is 16.4 Å². The predicted octanol–water partition coefficient (Wildman–Crippen LogP) is 0.252. The van der Waals surface area contributed by atoms with Gasteiger partial charge in [0.25, 0.3) is 0 Å². The molecule has 5 nitrogen and oxygen atoms in total. The lowest BCUT2D eigenvalue weighted by atomic mass is 10.1. The van der Waals surface area contributed by atoms with Crippen molar-refractivity contribution < 1.29 is 13.5 Å². The van der Waals surface area contributed by atoms with Crippen LogP contribution in [0.15, 0.2) is 24.3 Å². The minimum Gasteiger partial charge on any atom is -0.508 e. The van der Waals surface area contributed by atoms with Crippen LogP contribution in [0.2, 0.25) is 0 Å². The van der Waals surface area contributed by atoms with Crippen molar-refractivity contribution in [2.24, 2.45) is 0 Å². The van der Waals surface area contributed by atoms with E-state index in [1.807, 2.05) is 4.90 Å². The van der Waals surface area contributed by atoms with Gasteiger partial charge in [-0.15, -0.1) is 0 Å². The van der Waals surface area contributed by atoms with Gasteiger partial charge in [0.15, 0.2) is 14.9 Å². The summed E-state index contributed by atoms with van der Waals surface area (Å²) in [7, 11) is -2.99. The van der Waals surface area contributed by atoms with E-state index in [-0.39, 0.29) is 29.3 Å². The highest BCUT2D eigenvalue weighted by atomic mass is 32.2. The van der Waals surface area contributed by atoms with Crippen molar-refractivity contribution in [1.29, 1.82) is 0 Å². The fourth-order valence-corrected chi connectivity index (χ4v) is 4.80. The average Bonchev–Trinajstić information content (AvgIpc) is 2.70. The highest BCUT2D eigenvalue weighted by molar-refractivity contribution is 7.91. The lowest BCUT2D eigenvalue weighted by Crippen LogP contribution is -2.36. The van der Waals surface area contributed by atoms with Crippen molar-refractivity contribution >= 4 is 32.9 Å². The molecule has 2 aliphatic heterocycles. The van der Waals surface area contributed by atoms with Crippen LogP contribution in [-0.2, 0) is 9.84 Å². The van der Waals surface area contributed by atoms with Crippen molar-refractivity contribution in [1.82, 2.24) is 5.32 Å². The van der Waals surface area contributed by atoms with Crippen LogP contribution < -0.4 is 10.2 Å². The Morgan fingerprint density at radius 2 is 1.94 bits per heavy atom. The summed E-state index contributed by atoms with van der Waals surface area (Å²) in [4.78, 5) is 1.82. The summed E-state index contributed by atoms with van der Waals surface area (Å²) in [5.74, 6) is 0.422. The van der Waals surface area contributed by atoms with Crippen molar-refractivity contribution in [3.8, 4) is 5.75 Å². The van der Waals surface area contributed by atoms with Crippen LogP contribution in [0.5, 0.6) is 5.75 Å². The SMILES string of the molecule is O=S1(=O)C[C@@H]2[C@@H](C1)NC(=S)N2c1ccc(O)cc1. The minimum atomic E-state index is -2.99. The molecule has 2 N–H and O–H groups in total. The first kappa shape index (κ1) is 11.7. The molecule has 0 amide bonds. The number of nitrogens with one attached hydrogen (secondary N) is 1. The topological polar surface area (TPSA) is 69.6 Å². The van der Waals surface area contributed by atoms with Gasteiger partial charge in [-0.25, -0.2) is 8.42 Å². The maximum Gasteiger partial charge on any atom is 0.174 e. The fraction of sp³-hybridized carbons (Fsp3) is 0.364. The Labute approximate surface area is 110 Å². The van der Waals surface area contributed by atoms with E-state index in [0.717, 1.165) is 5.69 Å². The second-order valence-corrected chi connectivity index (χ2v) is 7.13. The Hall–Kier alpha value is -1.34. The number of nitrogens with zero attached hydrogens (tertiary/aromatic N) is 1. The molecule has 0 unspecified atom stereocenters. The molecule has 7 heteroatoms. The first-order valence-electron chi connectivity index (χ1n) is 5.55. The van der Waals surface area contributed by atoms with Gasteiger partial charge < -0.3 is 15.3 Å². The van der Waals surface area contributed by atoms with Crippen LogP contribution in [-0.4, -0.2) is 42.2 Å². The third-order valence-electron chi connectivity index (χ3n) is 3.31. The largest absolute Gasteiger partial charge is 0.508 e. The van der Waals surface area contributed by atoms with Gasteiger partial charge in [0.1, 0.15) is 5.75 Å². The second kappa shape index (κ2) is 3.83. The molecule has 96 valence electrons. The number of hydrogen-bond acceptors (Lipinski definition) is 4. The van der Waals surface area contributed by atoms with Crippen LogP contribution in [0.4, 0.5) is 5.69 Å². The lowest BCUT2D eigenvalue weighted by molar-refractivity contribution is 0.475. The normalized spacial score (nSPS) is 29.1. The number of benzene rings is 1. The smallest absolute Gasteiger partial charge is 0.174 e. The number of phenolic OH excluding ortho intramolecular Hbond substituents is 1. The average molecular weight is 284 g/mol. The fourth-order valence-electron chi connectivity index (χ4n) is 2.52. The van der Waals surface area contributed by atoms with E-state index in [9.17, 15) is 13.5 Å². The molecular weight excluding hydrogens is 272 g/mol. The van der Waals surface area contributed by atoms with Gasteiger partial charge in [-0.3, -0.25) is 0 Å². The van der Waals surface area contributed by atoms with Crippen LogP contribution in [0.25, 0.3) is 0 Å². The molecule has 0 aliphatic carbocycles. The Morgan fingerprint density at radius 1 is 1.28 bits per heavy atom. The van der Waals surface area contributed by atoms with E-state index in [4.69, 9.17) is 12.2 Å². The number of sulfone groups is 1. The molecule has 0 radical (unpaired) electrons. The summed E-state index contributed by atoms with van der Waals surface area (Å²) in [5.41, 5.74) is 0.801. The van der Waals surface area contributed by atoms with Crippen LogP contribution >= 0.6 is 12.2 Å². The number of phenols is 1. The molecule has 1 aromatic carbocycles. The zero-order valence-corrected chi connectivity index (χ0v) is 11.0. The number of hydrogen-bond donors (Lipinski definition) is 2. The zero-order valence-electron chi connectivity index (χ0n) is 9.41. The summed E-state index contributed by atoms with van der Waals surface area (Å²) in [6.07, 6.45) is 0. The molecule has 2 fully saturated rings. The van der Waals surface area contributed by atoms with E-state index in [0.29, 0.717) is 5.11 Å². The molecule has 2 aliphatic rings. The Balaban J connectivity index is 1.96. The molecular formula is C11H12N2O3S2. The van der Waals surface area contributed by atoms with E-state index in [1.165, 1.54) is 0 Å². The third-order valence-corrected chi connectivity index (χ3v) is 5.34. The van der Waals surface area contributed by atoms with Crippen LogP contribution in [0.1, 0.15) is 0 Å². The first-order valence-corrected chi connectivity index (χ1v) is 7.78. The second-order valence-electron chi connectivity index (χ2n) is 4.59. The van der Waals surface area contributed by atoms with Gasteiger partial charge in [-0.05, 0) is 36.5 Å². The molecule has 3 rings (SSSR count). The molecule has 0 spiro atoms. The predicted molar refractivity (Wildman–Crippen MR) is 72.5 cm³/mol. The van der Waals surface area contributed by atoms with Gasteiger partial charge in [-0.2, -0.15) is 0 Å². The molecule has 1 aromatic rings. The number of aromatic hydroxyl groups is 1. The molecule has 2 atom stereocenters. The van der Waals surface area contributed by atoms with E-state index < -0.39 is 9.84 Å². The van der Waals surface area contributed by atoms with Crippen LogP contribution in [0.3, 0.4) is 0 Å². The molecule has 2 saturated heterocycles. The van der Waals surface area contributed by atoms with Crippen LogP contribution in [0, 0.1) is 0 Å². The molecule has 0 saturated carbocycles. The van der Waals surface area contributed by atoms with Gasteiger partial charge in [0, 0.05) is 5.69 Å². The summed E-state index contributed by atoms with van der Waals surface area (Å²) >= 11 is 5.24. The van der Waals surface area contributed by atoms with Gasteiger partial charge in [0.2, 0.25) is 0 Å². The Kier molecular flexibility index (Phi) is 2.49. The van der Waals surface area contributed by atoms with E-state index in [2.05, 4.69) is 5.32 Å². The highest BCUT2D eigenvalue weighted by Gasteiger charge is 2.47. The number of anilines is 1. The standard InChI is InChI=1S/C11H12N2O3S2/c14-8-3-1-7(2-4-8)13-10-6-18(15,16)5-9(10)12-11(13)17/h1-4,9-10,14H,5-6H2,(H,12,17)/t9-,10-/m1/s1. The molecule has 0 aromatic heterocycles. The number of fused-ring (bicyclic) bond motifs is 1. The van der Waals surface area contributed by atoms with Crippen molar-refractivity contribution in [3.63, 3.8) is 0 Å². The van der Waals surface area contributed by atoms with Gasteiger partial charge in [0.05, 0.1) is 23.6 Å². The maximum atomic E-state index is 11.6. The quantitative estimate of drug-likeness (QED) is 0.721. The highest BCUT2D eigenvalue weighted by Crippen LogP contribution is 2.30. The zero-order chi connectivity index (χ0) is 12.9. The molecule has 0 bridgehead atoms. The minimum absolute atomic E-state index is 0.117. The Morgan fingerprint density at radius 3 is 2.61 bits per heavy atom. The maximum absolute atomic E-state index is 11.6. The number of thiocarbonyl (C=S) groups is 1. The first-order chi connectivity index (χ1) is 8.46. The third kappa shape index (κ3) is 1.83. The summed E-state index contributed by atoms with van der Waals surface area (Å²) in [6, 6.07) is 6.32. The molecule has 18 heavy (non-hydrogen) atoms. The summed E-state index contributed by atoms with van der Waals surface area (Å²) in [5, 5.41) is 12.9. The van der Waals surface area contributed by atoms with Gasteiger partial charge in [-0.1, -0.05) is 0 Å². The molecule has 2 heterocycles. The summed E-state index contributed by atoms with van der Waals surface area (Å²) < 4.78 is 23.3. The van der Waals surface area contributed by atoms with Gasteiger partial charge >= 0.3 is 0 Å². The van der Waals surface area contributed by atoms with Crippen molar-refractivity contribution in [3.05, 3.63) is 24.3 Å².